The molecule has 2 aliphatic rings. The van der Waals surface area contributed by atoms with Crippen molar-refractivity contribution in [2.24, 2.45) is 0 Å². The van der Waals surface area contributed by atoms with E-state index < -0.39 is 10.0 Å². The zero-order valence-corrected chi connectivity index (χ0v) is 13.5. The summed E-state index contributed by atoms with van der Waals surface area (Å²) >= 11 is 0. The molecular weight excluding hydrogens is 300 g/mol. The monoisotopic (exact) mass is 322 g/mol. The molecule has 0 saturated carbocycles. The molecule has 2 fully saturated rings. The van der Waals surface area contributed by atoms with Gasteiger partial charge in [0.15, 0.2) is 0 Å². The van der Waals surface area contributed by atoms with Crippen LogP contribution in [-0.2, 0) is 20.6 Å². The van der Waals surface area contributed by atoms with Gasteiger partial charge < -0.3 is 4.90 Å². The lowest BCUT2D eigenvalue weighted by molar-refractivity contribution is -0.130. The largest absolute Gasteiger partial charge is 0.340 e. The van der Waals surface area contributed by atoms with Crippen LogP contribution in [0.25, 0.3) is 0 Å². The maximum absolute atomic E-state index is 12.5. The van der Waals surface area contributed by atoms with Crippen molar-refractivity contribution in [2.75, 3.05) is 19.6 Å². The van der Waals surface area contributed by atoms with Crippen LogP contribution in [-0.4, -0.2) is 49.2 Å². The minimum Gasteiger partial charge on any atom is -0.340 e. The Morgan fingerprint density at radius 2 is 1.73 bits per heavy atom. The smallest absolute Gasteiger partial charge is 0.222 e. The first-order chi connectivity index (χ1) is 10.6. The van der Waals surface area contributed by atoms with E-state index in [9.17, 15) is 13.2 Å². The molecule has 3 rings (SSSR count). The second-order valence-corrected chi connectivity index (χ2v) is 8.03. The van der Waals surface area contributed by atoms with Crippen LogP contribution in [0.2, 0.25) is 0 Å². The summed E-state index contributed by atoms with van der Waals surface area (Å²) in [4.78, 5) is 13.7. The van der Waals surface area contributed by atoms with Crippen molar-refractivity contribution in [2.45, 2.75) is 37.5 Å². The first-order valence-corrected chi connectivity index (χ1v) is 9.48. The van der Waals surface area contributed by atoms with Crippen molar-refractivity contribution >= 4 is 15.9 Å². The number of piperidine rings is 1. The lowest BCUT2D eigenvalue weighted by Crippen LogP contribution is -2.47. The lowest BCUT2D eigenvalue weighted by Gasteiger charge is -2.36. The molecule has 1 amide bonds. The summed E-state index contributed by atoms with van der Waals surface area (Å²) in [5, 5.41) is 0. The molecule has 0 aliphatic carbocycles. The Hall–Kier alpha value is -1.40. The highest BCUT2D eigenvalue weighted by Gasteiger charge is 2.34. The first-order valence-electron chi connectivity index (χ1n) is 7.87. The van der Waals surface area contributed by atoms with Gasteiger partial charge in [0.2, 0.25) is 15.9 Å². The van der Waals surface area contributed by atoms with Gasteiger partial charge in [-0.1, -0.05) is 30.3 Å². The van der Waals surface area contributed by atoms with E-state index in [1.165, 1.54) is 0 Å². The third-order valence-electron chi connectivity index (χ3n) is 4.56. The number of benzene rings is 1. The van der Waals surface area contributed by atoms with Crippen molar-refractivity contribution in [3.05, 3.63) is 35.9 Å². The lowest BCUT2D eigenvalue weighted by atomic mass is 10.1. The number of hydrogen-bond donors (Lipinski definition) is 0. The van der Waals surface area contributed by atoms with Gasteiger partial charge in [0.05, 0.1) is 5.75 Å². The number of hydrogen-bond acceptors (Lipinski definition) is 3. The quantitative estimate of drug-likeness (QED) is 0.846. The predicted octanol–water partition coefficient (Wildman–Crippen LogP) is 1.60. The van der Waals surface area contributed by atoms with Crippen LogP contribution >= 0.6 is 0 Å². The van der Waals surface area contributed by atoms with Gasteiger partial charge in [-0.3, -0.25) is 4.79 Å². The molecule has 2 aliphatic heterocycles. The molecule has 22 heavy (non-hydrogen) atoms. The van der Waals surface area contributed by atoms with Gasteiger partial charge in [-0.05, 0) is 24.8 Å². The summed E-state index contributed by atoms with van der Waals surface area (Å²) in [6, 6.07) is 9.50. The molecule has 0 unspecified atom stereocenters. The van der Waals surface area contributed by atoms with Crippen LogP contribution in [0.4, 0.5) is 0 Å². The van der Waals surface area contributed by atoms with Crippen LogP contribution in [0.15, 0.2) is 30.3 Å². The number of carbonyl (C=O) groups is 1. The summed E-state index contributed by atoms with van der Waals surface area (Å²) in [7, 11) is -3.27. The van der Waals surface area contributed by atoms with E-state index in [2.05, 4.69) is 0 Å². The molecule has 0 atom stereocenters. The Kier molecular flexibility index (Phi) is 4.49. The average molecular weight is 322 g/mol. The van der Waals surface area contributed by atoms with Crippen molar-refractivity contribution in [3.8, 4) is 0 Å². The van der Waals surface area contributed by atoms with E-state index in [1.54, 1.807) is 4.31 Å². The number of carbonyl (C=O) groups excluding carboxylic acids is 1. The van der Waals surface area contributed by atoms with E-state index >= 15 is 0 Å². The number of nitrogens with zero attached hydrogens (tertiary/aromatic N) is 2. The molecule has 2 heterocycles. The predicted molar refractivity (Wildman–Crippen MR) is 84.6 cm³/mol. The van der Waals surface area contributed by atoms with Crippen LogP contribution < -0.4 is 0 Å². The van der Waals surface area contributed by atoms with E-state index in [0.717, 1.165) is 31.4 Å². The van der Waals surface area contributed by atoms with Crippen LogP contribution in [0, 0.1) is 0 Å². The molecule has 120 valence electrons. The Bertz CT molecular complexity index is 622. The Balaban J connectivity index is 1.59. The van der Waals surface area contributed by atoms with E-state index in [-0.39, 0.29) is 17.7 Å². The van der Waals surface area contributed by atoms with Crippen LogP contribution in [0.3, 0.4) is 0 Å². The second-order valence-electron chi connectivity index (χ2n) is 6.06. The average Bonchev–Trinajstić information content (AvgIpc) is 2.94. The normalized spacial score (nSPS) is 21.5. The minimum atomic E-state index is -3.27. The number of sulfonamides is 1. The topological polar surface area (TPSA) is 57.7 Å². The third kappa shape index (κ3) is 3.33. The van der Waals surface area contributed by atoms with Crippen LogP contribution in [0.1, 0.15) is 31.2 Å². The molecule has 0 radical (unpaired) electrons. The summed E-state index contributed by atoms with van der Waals surface area (Å²) in [5.74, 6) is 0.284. The highest BCUT2D eigenvalue weighted by Crippen LogP contribution is 2.24. The van der Waals surface area contributed by atoms with Crippen molar-refractivity contribution < 1.29 is 13.2 Å². The Morgan fingerprint density at radius 1 is 1.05 bits per heavy atom. The molecule has 1 aromatic rings. The standard InChI is InChI=1S/C16H22N2O3S/c19-16-7-4-10-18(16)15-8-11-17(12-9-15)22(20,21)13-14-5-2-1-3-6-14/h1-3,5-6,15H,4,7-13H2. The van der Waals surface area contributed by atoms with Crippen LogP contribution in [0.5, 0.6) is 0 Å². The fraction of sp³-hybridized carbons (Fsp3) is 0.562. The highest BCUT2D eigenvalue weighted by molar-refractivity contribution is 7.88. The maximum Gasteiger partial charge on any atom is 0.222 e. The molecule has 2 saturated heterocycles. The summed E-state index contributed by atoms with van der Waals surface area (Å²) in [5.41, 5.74) is 0.819. The second kappa shape index (κ2) is 6.38. The van der Waals surface area contributed by atoms with Gasteiger partial charge in [0.25, 0.3) is 0 Å². The number of amides is 1. The van der Waals surface area contributed by atoms with Gasteiger partial charge >= 0.3 is 0 Å². The van der Waals surface area contributed by atoms with Gasteiger partial charge in [-0.25, -0.2) is 12.7 Å². The van der Waals surface area contributed by atoms with Crippen molar-refractivity contribution in [1.29, 1.82) is 0 Å². The molecule has 5 nitrogen and oxygen atoms in total. The van der Waals surface area contributed by atoms with E-state index in [0.29, 0.717) is 19.5 Å². The maximum atomic E-state index is 12.5. The van der Waals surface area contributed by atoms with Gasteiger partial charge in [-0.2, -0.15) is 0 Å². The molecule has 0 aromatic heterocycles. The SMILES string of the molecule is O=C1CCCN1C1CCN(S(=O)(=O)Cc2ccccc2)CC1. The first kappa shape index (κ1) is 15.5. The van der Waals surface area contributed by atoms with E-state index in [1.807, 2.05) is 35.2 Å². The number of likely N-dealkylation sites (tertiary alicyclic amines) is 1. The fourth-order valence-corrected chi connectivity index (χ4v) is 4.93. The summed E-state index contributed by atoms with van der Waals surface area (Å²) in [6.45, 7) is 1.87. The molecular formula is C16H22N2O3S. The zero-order valence-electron chi connectivity index (χ0n) is 12.6. The molecule has 0 bridgehead atoms. The van der Waals surface area contributed by atoms with Crippen molar-refractivity contribution in [1.82, 2.24) is 9.21 Å². The van der Waals surface area contributed by atoms with Gasteiger partial charge in [0, 0.05) is 32.1 Å². The summed E-state index contributed by atoms with van der Waals surface area (Å²) < 4.78 is 26.6. The molecule has 0 spiro atoms. The van der Waals surface area contributed by atoms with Crippen molar-refractivity contribution in [3.63, 3.8) is 0 Å². The van der Waals surface area contributed by atoms with Gasteiger partial charge in [0.1, 0.15) is 0 Å². The zero-order chi connectivity index (χ0) is 15.6. The fourth-order valence-electron chi connectivity index (χ4n) is 3.36. The Labute approximate surface area is 132 Å². The molecule has 0 N–H and O–H groups in total. The van der Waals surface area contributed by atoms with E-state index in [4.69, 9.17) is 0 Å². The highest BCUT2D eigenvalue weighted by atomic mass is 32.2. The minimum absolute atomic E-state index is 0.0567. The number of rotatable bonds is 4. The molecule has 1 aromatic carbocycles. The van der Waals surface area contributed by atoms with Gasteiger partial charge in [-0.15, -0.1) is 0 Å². The summed E-state index contributed by atoms with van der Waals surface area (Å²) in [6.07, 6.45) is 3.08. The Morgan fingerprint density at radius 3 is 2.32 bits per heavy atom. The third-order valence-corrected chi connectivity index (χ3v) is 6.41. The molecule has 6 heteroatoms.